The Balaban J connectivity index is 1.97. The summed E-state index contributed by atoms with van der Waals surface area (Å²) < 4.78 is 10.4. The van der Waals surface area contributed by atoms with Crippen molar-refractivity contribution in [2.45, 2.75) is 25.0 Å². The maximum Gasteiger partial charge on any atom is 0.147 e. The van der Waals surface area contributed by atoms with Crippen molar-refractivity contribution in [3.05, 3.63) is 0 Å². The molecule has 2 rings (SSSR count). The molecule has 0 aromatic rings. The lowest BCUT2D eigenvalue weighted by Gasteiger charge is -2.24. The van der Waals surface area contributed by atoms with Crippen LogP contribution < -0.4 is 0 Å². The molecule has 0 spiro atoms. The second-order valence-corrected chi connectivity index (χ2v) is 3.08. The van der Waals surface area contributed by atoms with E-state index in [2.05, 4.69) is 0 Å². The topological polar surface area (TPSA) is 38.7 Å². The highest BCUT2D eigenvalue weighted by Crippen LogP contribution is 2.31. The third-order valence-corrected chi connectivity index (χ3v) is 2.30. The molecule has 1 heterocycles. The summed E-state index contributed by atoms with van der Waals surface area (Å²) in [5.41, 5.74) is 0. The Morgan fingerprint density at radius 2 is 2.20 bits per heavy atom. The van der Waals surface area contributed by atoms with Gasteiger partial charge < -0.3 is 14.6 Å². The van der Waals surface area contributed by atoms with Gasteiger partial charge in [0.15, 0.2) is 0 Å². The first-order valence-corrected chi connectivity index (χ1v) is 3.73. The minimum absolute atomic E-state index is 0.156. The minimum atomic E-state index is -0.156. The summed E-state index contributed by atoms with van der Waals surface area (Å²) in [7, 11) is 0. The molecule has 3 heteroatoms. The van der Waals surface area contributed by atoms with Gasteiger partial charge in [-0.25, -0.2) is 0 Å². The molecule has 1 saturated carbocycles. The first kappa shape index (κ1) is 6.58. The van der Waals surface area contributed by atoms with Gasteiger partial charge in [-0.1, -0.05) is 0 Å². The third kappa shape index (κ3) is 1.05. The molecule has 2 aliphatic rings. The van der Waals surface area contributed by atoms with Crippen molar-refractivity contribution in [3.8, 4) is 0 Å². The summed E-state index contributed by atoms with van der Waals surface area (Å²) in [6.07, 6.45) is 1.76. The summed E-state index contributed by atoms with van der Waals surface area (Å²) in [6, 6.07) is 0. The van der Waals surface area contributed by atoms with Crippen molar-refractivity contribution >= 4 is 0 Å². The molecule has 1 aliphatic carbocycles. The van der Waals surface area contributed by atoms with Crippen molar-refractivity contribution in [2.24, 2.45) is 5.92 Å². The molecule has 1 aliphatic heterocycles. The predicted octanol–water partition coefficient (Wildman–Crippen LogP) is 0.130. The molecular weight excluding hydrogens is 132 g/mol. The van der Waals surface area contributed by atoms with Crippen LogP contribution in [0.3, 0.4) is 0 Å². The van der Waals surface area contributed by atoms with Crippen LogP contribution in [0.4, 0.5) is 0 Å². The highest BCUT2D eigenvalue weighted by atomic mass is 16.7. The van der Waals surface area contributed by atoms with Crippen molar-refractivity contribution in [1.82, 2.24) is 0 Å². The van der Waals surface area contributed by atoms with Gasteiger partial charge in [0.1, 0.15) is 6.79 Å². The number of fused-ring (bicyclic) bond motifs is 1. The number of aliphatic hydroxyl groups excluding tert-OH is 1. The number of rotatable bonds is 0. The number of hydrogen-bond donors (Lipinski definition) is 1. The molecule has 3 unspecified atom stereocenters. The van der Waals surface area contributed by atoms with Crippen LogP contribution in [-0.2, 0) is 9.47 Å². The lowest BCUT2D eigenvalue weighted by molar-refractivity contribution is -0.159. The van der Waals surface area contributed by atoms with Crippen molar-refractivity contribution < 1.29 is 14.6 Å². The average Bonchev–Trinajstić information content (AvgIpc) is 2.27. The van der Waals surface area contributed by atoms with Crippen LogP contribution in [0, 0.1) is 5.92 Å². The molecule has 0 amide bonds. The zero-order valence-electron chi connectivity index (χ0n) is 5.82. The first-order valence-electron chi connectivity index (χ1n) is 3.73. The average molecular weight is 144 g/mol. The lowest BCUT2D eigenvalue weighted by Crippen LogP contribution is -2.29. The Morgan fingerprint density at radius 1 is 1.30 bits per heavy atom. The van der Waals surface area contributed by atoms with E-state index in [0.717, 1.165) is 19.4 Å². The minimum Gasteiger partial charge on any atom is -0.393 e. The first-order chi connectivity index (χ1) is 4.86. The van der Waals surface area contributed by atoms with Gasteiger partial charge in [-0.2, -0.15) is 0 Å². The Labute approximate surface area is 59.9 Å². The fourth-order valence-corrected chi connectivity index (χ4v) is 1.77. The van der Waals surface area contributed by atoms with Gasteiger partial charge in [-0.3, -0.25) is 0 Å². The Bertz CT molecular complexity index is 112. The Kier molecular flexibility index (Phi) is 1.64. The molecular formula is C7H12O3. The molecule has 0 bridgehead atoms. The summed E-state index contributed by atoms with van der Waals surface area (Å²) in [5, 5.41) is 9.22. The maximum atomic E-state index is 9.22. The second kappa shape index (κ2) is 2.49. The molecule has 0 aromatic carbocycles. The predicted molar refractivity (Wildman–Crippen MR) is 34.4 cm³/mol. The van der Waals surface area contributed by atoms with Crippen LogP contribution in [0.5, 0.6) is 0 Å². The maximum absolute atomic E-state index is 9.22. The molecule has 0 radical (unpaired) electrons. The van der Waals surface area contributed by atoms with Crippen LogP contribution in [0.25, 0.3) is 0 Å². The van der Waals surface area contributed by atoms with Gasteiger partial charge >= 0.3 is 0 Å². The zero-order valence-corrected chi connectivity index (χ0v) is 5.82. The van der Waals surface area contributed by atoms with E-state index in [4.69, 9.17) is 9.47 Å². The van der Waals surface area contributed by atoms with Gasteiger partial charge in [-0.15, -0.1) is 0 Å². The van der Waals surface area contributed by atoms with Crippen LogP contribution in [0.1, 0.15) is 12.8 Å². The number of aliphatic hydroxyl groups is 1. The van der Waals surface area contributed by atoms with Crippen LogP contribution >= 0.6 is 0 Å². The van der Waals surface area contributed by atoms with Gasteiger partial charge in [0.2, 0.25) is 0 Å². The molecule has 58 valence electrons. The second-order valence-electron chi connectivity index (χ2n) is 3.08. The quantitative estimate of drug-likeness (QED) is 0.525. The van der Waals surface area contributed by atoms with Crippen molar-refractivity contribution in [3.63, 3.8) is 0 Å². The SMILES string of the molecule is OC1CC2COCOC2C1. The fourth-order valence-electron chi connectivity index (χ4n) is 1.77. The molecule has 10 heavy (non-hydrogen) atoms. The monoisotopic (exact) mass is 144 g/mol. The van der Waals surface area contributed by atoms with Gasteiger partial charge in [0, 0.05) is 5.92 Å². The smallest absolute Gasteiger partial charge is 0.147 e. The van der Waals surface area contributed by atoms with Crippen molar-refractivity contribution in [2.75, 3.05) is 13.4 Å². The van der Waals surface area contributed by atoms with E-state index in [1.54, 1.807) is 0 Å². The highest BCUT2D eigenvalue weighted by Gasteiger charge is 2.36. The van der Waals surface area contributed by atoms with Gasteiger partial charge in [0.25, 0.3) is 0 Å². The summed E-state index contributed by atoms with van der Waals surface area (Å²) in [5.74, 6) is 0.448. The normalized spacial score (nSPS) is 47.1. The largest absolute Gasteiger partial charge is 0.393 e. The van der Waals surface area contributed by atoms with E-state index in [1.165, 1.54) is 0 Å². The number of ether oxygens (including phenoxy) is 2. The Morgan fingerprint density at radius 3 is 3.00 bits per heavy atom. The highest BCUT2D eigenvalue weighted by molar-refractivity contribution is 4.84. The zero-order chi connectivity index (χ0) is 6.97. The van der Waals surface area contributed by atoms with E-state index in [-0.39, 0.29) is 12.2 Å². The standard InChI is InChI=1S/C7H12O3/c8-6-1-5-3-9-4-10-7(5)2-6/h5-8H,1-4H2. The van der Waals surface area contributed by atoms with Crippen LogP contribution in [0.15, 0.2) is 0 Å². The lowest BCUT2D eigenvalue weighted by atomic mass is 10.1. The van der Waals surface area contributed by atoms with Crippen LogP contribution in [0.2, 0.25) is 0 Å². The number of hydrogen-bond acceptors (Lipinski definition) is 3. The molecule has 2 fully saturated rings. The van der Waals surface area contributed by atoms with Gasteiger partial charge in [0.05, 0.1) is 18.8 Å². The van der Waals surface area contributed by atoms with Crippen molar-refractivity contribution in [1.29, 1.82) is 0 Å². The summed E-state index contributed by atoms with van der Waals surface area (Å²) >= 11 is 0. The summed E-state index contributed by atoms with van der Waals surface area (Å²) in [6.45, 7) is 1.18. The Hall–Kier alpha value is -0.120. The van der Waals surface area contributed by atoms with E-state index >= 15 is 0 Å². The van der Waals surface area contributed by atoms with E-state index in [9.17, 15) is 5.11 Å². The molecule has 0 aromatic heterocycles. The fraction of sp³-hybridized carbons (Fsp3) is 1.00. The van der Waals surface area contributed by atoms with Crippen LogP contribution in [-0.4, -0.2) is 30.7 Å². The third-order valence-electron chi connectivity index (χ3n) is 2.30. The van der Waals surface area contributed by atoms with E-state index < -0.39 is 0 Å². The molecule has 3 nitrogen and oxygen atoms in total. The molecule has 3 atom stereocenters. The van der Waals surface area contributed by atoms with E-state index in [0.29, 0.717) is 12.7 Å². The molecule has 1 saturated heterocycles. The summed E-state index contributed by atoms with van der Waals surface area (Å²) in [4.78, 5) is 0. The van der Waals surface area contributed by atoms with Gasteiger partial charge in [-0.05, 0) is 12.8 Å². The van der Waals surface area contributed by atoms with E-state index in [1.807, 2.05) is 0 Å². The molecule has 1 N–H and O–H groups in total.